The van der Waals surface area contributed by atoms with Gasteiger partial charge in [-0.1, -0.05) is 49.7 Å². The molecule has 0 atom stereocenters. The molecule has 1 aromatic heterocycles. The average molecular weight is 302 g/mol. The molecular formula is C22H24N+. The molecule has 0 N–H and O–H groups in total. The van der Waals surface area contributed by atoms with E-state index in [1.807, 2.05) is 0 Å². The summed E-state index contributed by atoms with van der Waals surface area (Å²) >= 11 is 0. The number of hydrogen-bond acceptors (Lipinski definition) is 0. The summed E-state index contributed by atoms with van der Waals surface area (Å²) in [4.78, 5) is 0. The lowest BCUT2D eigenvalue weighted by atomic mass is 9.68. The Kier molecular flexibility index (Phi) is 2.79. The van der Waals surface area contributed by atoms with Crippen molar-refractivity contribution in [2.24, 2.45) is 7.05 Å². The topological polar surface area (TPSA) is 3.88 Å². The zero-order valence-corrected chi connectivity index (χ0v) is 14.9. The SMILES string of the molecule is Cc1cc2c3c([n+](C)c(C)cc3c1)-c1c(C)cccc1C2(C)C. The second kappa shape index (κ2) is 4.44. The first-order chi connectivity index (χ1) is 10.8. The fourth-order valence-corrected chi connectivity index (χ4v) is 4.29. The first-order valence-electron chi connectivity index (χ1n) is 8.37. The number of nitrogens with zero attached hydrogens (tertiary/aromatic N) is 1. The Labute approximate surface area is 138 Å². The summed E-state index contributed by atoms with van der Waals surface area (Å²) in [6.07, 6.45) is 0. The Hall–Kier alpha value is -2.15. The van der Waals surface area contributed by atoms with Crippen molar-refractivity contribution in [3.63, 3.8) is 0 Å². The summed E-state index contributed by atoms with van der Waals surface area (Å²) in [6.45, 7) is 11.4. The maximum absolute atomic E-state index is 2.38. The Morgan fingerprint density at radius 2 is 1.65 bits per heavy atom. The molecule has 1 heterocycles. The van der Waals surface area contributed by atoms with E-state index in [-0.39, 0.29) is 5.41 Å². The van der Waals surface area contributed by atoms with Gasteiger partial charge in [0.2, 0.25) is 5.69 Å². The van der Waals surface area contributed by atoms with Crippen LogP contribution in [0.2, 0.25) is 0 Å². The van der Waals surface area contributed by atoms with Crippen molar-refractivity contribution in [3.05, 3.63) is 64.3 Å². The Morgan fingerprint density at radius 1 is 0.913 bits per heavy atom. The van der Waals surface area contributed by atoms with E-state index in [4.69, 9.17) is 0 Å². The smallest absolute Gasteiger partial charge is 0.198 e. The van der Waals surface area contributed by atoms with Gasteiger partial charge in [0.25, 0.3) is 0 Å². The minimum Gasteiger partial charge on any atom is -0.198 e. The van der Waals surface area contributed by atoms with E-state index in [2.05, 4.69) is 82.6 Å². The summed E-state index contributed by atoms with van der Waals surface area (Å²) in [6, 6.07) is 13.8. The third-order valence-electron chi connectivity index (χ3n) is 5.64. The molecule has 1 aliphatic rings. The quantitative estimate of drug-likeness (QED) is 0.520. The zero-order valence-electron chi connectivity index (χ0n) is 14.9. The number of aryl methyl sites for hydroxylation is 3. The predicted molar refractivity (Wildman–Crippen MR) is 96.9 cm³/mol. The van der Waals surface area contributed by atoms with Crippen LogP contribution >= 0.6 is 0 Å². The third-order valence-corrected chi connectivity index (χ3v) is 5.64. The van der Waals surface area contributed by atoms with Crippen LogP contribution in [0.25, 0.3) is 22.0 Å². The number of pyridine rings is 1. The Balaban J connectivity index is 2.35. The van der Waals surface area contributed by atoms with Crippen LogP contribution in [0.3, 0.4) is 0 Å². The monoisotopic (exact) mass is 302 g/mol. The fraction of sp³-hybridized carbons (Fsp3) is 0.318. The van der Waals surface area contributed by atoms with Gasteiger partial charge in [-0.05, 0) is 35.9 Å². The molecule has 1 heteroatoms. The van der Waals surface area contributed by atoms with Crippen LogP contribution in [0, 0.1) is 20.8 Å². The third kappa shape index (κ3) is 1.77. The molecular weight excluding hydrogens is 278 g/mol. The lowest BCUT2D eigenvalue weighted by Crippen LogP contribution is -2.38. The van der Waals surface area contributed by atoms with E-state index in [0.717, 1.165) is 0 Å². The van der Waals surface area contributed by atoms with E-state index < -0.39 is 0 Å². The Bertz CT molecular complexity index is 977. The molecule has 0 radical (unpaired) electrons. The molecule has 3 aromatic rings. The molecule has 0 saturated heterocycles. The van der Waals surface area contributed by atoms with Crippen LogP contribution in [0.15, 0.2) is 36.4 Å². The lowest BCUT2D eigenvalue weighted by molar-refractivity contribution is -0.665. The van der Waals surface area contributed by atoms with Crippen LogP contribution in [0.1, 0.15) is 41.8 Å². The molecule has 0 unspecified atom stereocenters. The minimum atomic E-state index is 0.0287. The van der Waals surface area contributed by atoms with Gasteiger partial charge in [-0.3, -0.25) is 0 Å². The highest BCUT2D eigenvalue weighted by Crippen LogP contribution is 2.48. The van der Waals surface area contributed by atoms with Crippen molar-refractivity contribution in [2.45, 2.75) is 40.0 Å². The number of aromatic nitrogens is 1. The van der Waals surface area contributed by atoms with Crippen molar-refractivity contribution in [1.82, 2.24) is 0 Å². The fourth-order valence-electron chi connectivity index (χ4n) is 4.29. The molecule has 0 bridgehead atoms. The number of fused-ring (bicyclic) bond motifs is 2. The van der Waals surface area contributed by atoms with Gasteiger partial charge in [0.1, 0.15) is 7.05 Å². The first kappa shape index (κ1) is 14.4. The molecule has 4 rings (SSSR count). The van der Waals surface area contributed by atoms with Crippen molar-refractivity contribution in [2.75, 3.05) is 0 Å². The molecule has 0 aliphatic heterocycles. The standard InChI is InChI=1S/C22H24N/c1-13-10-16-12-15(3)23(6)21-19-14(2)8-7-9-17(19)22(4,5)18(11-13)20(16)21/h7-12H,1-6H3/q+1. The van der Waals surface area contributed by atoms with E-state index >= 15 is 0 Å². The zero-order chi connectivity index (χ0) is 16.5. The van der Waals surface area contributed by atoms with Gasteiger partial charge in [0.05, 0.1) is 10.9 Å². The van der Waals surface area contributed by atoms with Gasteiger partial charge >= 0.3 is 0 Å². The largest absolute Gasteiger partial charge is 0.221 e. The van der Waals surface area contributed by atoms with Gasteiger partial charge in [-0.25, -0.2) is 0 Å². The molecule has 2 aromatic carbocycles. The van der Waals surface area contributed by atoms with Crippen LogP contribution < -0.4 is 4.57 Å². The van der Waals surface area contributed by atoms with E-state index in [0.29, 0.717) is 0 Å². The van der Waals surface area contributed by atoms with Gasteiger partial charge in [-0.2, -0.15) is 4.57 Å². The number of hydrogen-bond donors (Lipinski definition) is 0. The summed E-state index contributed by atoms with van der Waals surface area (Å²) in [7, 11) is 2.20. The van der Waals surface area contributed by atoms with Crippen LogP contribution in [0.5, 0.6) is 0 Å². The first-order valence-corrected chi connectivity index (χ1v) is 8.37. The summed E-state index contributed by atoms with van der Waals surface area (Å²) < 4.78 is 2.36. The molecule has 1 nitrogen and oxygen atoms in total. The van der Waals surface area contributed by atoms with Crippen molar-refractivity contribution in [1.29, 1.82) is 0 Å². The highest BCUT2D eigenvalue weighted by molar-refractivity contribution is 6.01. The van der Waals surface area contributed by atoms with Crippen molar-refractivity contribution < 1.29 is 4.57 Å². The predicted octanol–water partition coefficient (Wildman–Crippen LogP) is 4.90. The maximum atomic E-state index is 2.38. The number of benzene rings is 2. The molecule has 116 valence electrons. The van der Waals surface area contributed by atoms with Crippen molar-refractivity contribution in [3.8, 4) is 11.3 Å². The summed E-state index contributed by atoms with van der Waals surface area (Å²) in [5.74, 6) is 0. The van der Waals surface area contributed by atoms with E-state index in [1.54, 1.807) is 0 Å². The molecule has 0 amide bonds. The van der Waals surface area contributed by atoms with Crippen LogP contribution in [0.4, 0.5) is 0 Å². The molecule has 0 fully saturated rings. The minimum absolute atomic E-state index is 0.0287. The van der Waals surface area contributed by atoms with E-state index in [1.165, 1.54) is 50.0 Å². The molecule has 1 aliphatic carbocycles. The second-order valence-corrected chi connectivity index (χ2v) is 7.59. The summed E-state index contributed by atoms with van der Waals surface area (Å²) in [5, 5.41) is 2.79. The molecule has 0 saturated carbocycles. The average Bonchev–Trinajstić information content (AvgIpc) is 2.47. The van der Waals surface area contributed by atoms with Gasteiger partial charge < -0.3 is 0 Å². The van der Waals surface area contributed by atoms with Gasteiger partial charge in [-0.15, -0.1) is 0 Å². The van der Waals surface area contributed by atoms with E-state index in [9.17, 15) is 0 Å². The highest BCUT2D eigenvalue weighted by Gasteiger charge is 2.38. The highest BCUT2D eigenvalue weighted by atomic mass is 14.9. The maximum Gasteiger partial charge on any atom is 0.221 e. The Morgan fingerprint density at radius 3 is 2.39 bits per heavy atom. The summed E-state index contributed by atoms with van der Waals surface area (Å²) in [5.41, 5.74) is 9.74. The van der Waals surface area contributed by atoms with Crippen LogP contribution in [-0.2, 0) is 12.5 Å². The number of rotatable bonds is 0. The molecule has 23 heavy (non-hydrogen) atoms. The van der Waals surface area contributed by atoms with Gasteiger partial charge in [0.15, 0.2) is 5.69 Å². The van der Waals surface area contributed by atoms with Crippen molar-refractivity contribution >= 4 is 10.8 Å². The second-order valence-electron chi connectivity index (χ2n) is 7.59. The normalized spacial score (nSPS) is 14.9. The molecule has 0 spiro atoms. The van der Waals surface area contributed by atoms with Crippen LogP contribution in [-0.4, -0.2) is 0 Å². The lowest BCUT2D eigenvalue weighted by Gasteiger charge is -2.34. The van der Waals surface area contributed by atoms with Gasteiger partial charge in [0, 0.05) is 18.4 Å².